The Morgan fingerprint density at radius 2 is 1.79 bits per heavy atom. The number of urea groups is 1. The summed E-state index contributed by atoms with van der Waals surface area (Å²) in [4.78, 5) is 22.7. The highest BCUT2D eigenvalue weighted by Gasteiger charge is 2.06. The lowest BCUT2D eigenvalue weighted by molar-refractivity contribution is -0.118. The van der Waals surface area contributed by atoms with Gasteiger partial charge in [0, 0.05) is 12.2 Å². The average Bonchev–Trinajstić information content (AvgIpc) is 2.43. The molecule has 0 fully saturated rings. The summed E-state index contributed by atoms with van der Waals surface area (Å²) in [6.45, 7) is 4.67. The Bertz CT molecular complexity index is 415. The molecule has 0 heterocycles. The van der Waals surface area contributed by atoms with Crippen LogP contribution in [0.2, 0.25) is 0 Å². The number of anilines is 1. The molecule has 19 heavy (non-hydrogen) atoms. The van der Waals surface area contributed by atoms with Crippen molar-refractivity contribution in [3.8, 4) is 0 Å². The van der Waals surface area contributed by atoms with Crippen LogP contribution in [0.1, 0.15) is 25.8 Å². The molecule has 3 N–H and O–H groups in total. The summed E-state index contributed by atoms with van der Waals surface area (Å²) in [5, 5.41) is 7.80. The second-order valence-corrected chi connectivity index (χ2v) is 4.21. The van der Waals surface area contributed by atoms with E-state index in [0.717, 1.165) is 18.5 Å². The number of carbonyl (C=O) groups is 2. The summed E-state index contributed by atoms with van der Waals surface area (Å²) >= 11 is 0. The Balaban J connectivity index is 2.31. The molecule has 0 aliphatic rings. The normalized spacial score (nSPS) is 9.79. The maximum atomic E-state index is 11.5. The molecule has 0 aliphatic heterocycles. The lowest BCUT2D eigenvalue weighted by Gasteiger charge is -2.08. The fourth-order valence-corrected chi connectivity index (χ4v) is 1.49. The maximum absolute atomic E-state index is 11.5. The predicted molar refractivity (Wildman–Crippen MR) is 76.1 cm³/mol. The Kier molecular flexibility index (Phi) is 6.43. The molecule has 5 nitrogen and oxygen atoms in total. The molecule has 3 amide bonds. The van der Waals surface area contributed by atoms with Crippen LogP contribution in [0.25, 0.3) is 0 Å². The van der Waals surface area contributed by atoms with Gasteiger partial charge in [0.15, 0.2) is 0 Å². The minimum atomic E-state index is -0.449. The zero-order valence-electron chi connectivity index (χ0n) is 11.5. The second kappa shape index (κ2) is 8.13. The topological polar surface area (TPSA) is 70.2 Å². The molecule has 5 heteroatoms. The number of nitrogens with one attached hydrogen (secondary N) is 3. The van der Waals surface area contributed by atoms with Crippen molar-refractivity contribution in [3.05, 3.63) is 29.8 Å². The first kappa shape index (κ1) is 15.0. The molecule has 0 unspecified atom stereocenters. The SMILES string of the molecule is CCCNC(=O)NC(=O)CNc1ccc(CC)cc1. The van der Waals surface area contributed by atoms with E-state index in [2.05, 4.69) is 22.9 Å². The van der Waals surface area contributed by atoms with Gasteiger partial charge in [-0.25, -0.2) is 4.79 Å². The highest BCUT2D eigenvalue weighted by atomic mass is 16.2. The van der Waals surface area contributed by atoms with Crippen molar-refractivity contribution in [1.29, 1.82) is 0 Å². The number of hydrogen-bond acceptors (Lipinski definition) is 3. The summed E-state index contributed by atoms with van der Waals surface area (Å²) in [6, 6.07) is 7.41. The van der Waals surface area contributed by atoms with E-state index in [1.807, 2.05) is 31.2 Å². The lowest BCUT2D eigenvalue weighted by Crippen LogP contribution is -2.42. The van der Waals surface area contributed by atoms with E-state index < -0.39 is 6.03 Å². The number of hydrogen-bond donors (Lipinski definition) is 3. The van der Waals surface area contributed by atoms with E-state index in [1.165, 1.54) is 5.56 Å². The lowest BCUT2D eigenvalue weighted by atomic mass is 10.1. The van der Waals surface area contributed by atoms with E-state index >= 15 is 0 Å². The van der Waals surface area contributed by atoms with Crippen LogP contribution >= 0.6 is 0 Å². The number of aryl methyl sites for hydroxylation is 1. The van der Waals surface area contributed by atoms with Crippen LogP contribution in [0.15, 0.2) is 24.3 Å². The molecule has 1 rings (SSSR count). The van der Waals surface area contributed by atoms with Crippen LogP contribution < -0.4 is 16.0 Å². The fourth-order valence-electron chi connectivity index (χ4n) is 1.49. The molecule has 1 aromatic rings. The smallest absolute Gasteiger partial charge is 0.321 e. The van der Waals surface area contributed by atoms with Gasteiger partial charge in [-0.15, -0.1) is 0 Å². The number of benzene rings is 1. The van der Waals surface area contributed by atoms with Gasteiger partial charge in [-0.1, -0.05) is 26.0 Å². The summed E-state index contributed by atoms with van der Waals surface area (Å²) in [5.74, 6) is -0.354. The molecule has 0 saturated heterocycles. The van der Waals surface area contributed by atoms with Crippen molar-refractivity contribution in [2.75, 3.05) is 18.4 Å². The zero-order valence-corrected chi connectivity index (χ0v) is 11.5. The summed E-state index contributed by atoms with van der Waals surface area (Å²) in [5.41, 5.74) is 2.11. The van der Waals surface area contributed by atoms with Crippen LogP contribution in [-0.2, 0) is 11.2 Å². The molecule has 0 spiro atoms. The Hall–Kier alpha value is -2.04. The molecule has 0 bridgehead atoms. The first-order valence-corrected chi connectivity index (χ1v) is 6.56. The van der Waals surface area contributed by atoms with E-state index in [1.54, 1.807) is 0 Å². The van der Waals surface area contributed by atoms with E-state index in [0.29, 0.717) is 6.54 Å². The molecular formula is C14H21N3O2. The van der Waals surface area contributed by atoms with E-state index in [9.17, 15) is 9.59 Å². The largest absolute Gasteiger partial charge is 0.376 e. The number of rotatable bonds is 6. The summed E-state index contributed by atoms with van der Waals surface area (Å²) in [7, 11) is 0. The van der Waals surface area contributed by atoms with Gasteiger partial charge in [0.05, 0.1) is 6.54 Å². The van der Waals surface area contributed by atoms with Crippen molar-refractivity contribution in [2.24, 2.45) is 0 Å². The molecule has 0 saturated carbocycles. The minimum Gasteiger partial charge on any atom is -0.376 e. The minimum absolute atomic E-state index is 0.0744. The third kappa shape index (κ3) is 5.90. The van der Waals surface area contributed by atoms with Gasteiger partial charge in [-0.05, 0) is 30.5 Å². The molecule has 0 aliphatic carbocycles. The average molecular weight is 263 g/mol. The van der Waals surface area contributed by atoms with Gasteiger partial charge >= 0.3 is 6.03 Å². The van der Waals surface area contributed by atoms with Crippen molar-refractivity contribution in [3.63, 3.8) is 0 Å². The van der Waals surface area contributed by atoms with Gasteiger partial charge in [0.2, 0.25) is 5.91 Å². The van der Waals surface area contributed by atoms with Gasteiger partial charge in [-0.2, -0.15) is 0 Å². The molecule has 104 valence electrons. The van der Waals surface area contributed by atoms with Gasteiger partial charge in [0.25, 0.3) is 0 Å². The monoisotopic (exact) mass is 263 g/mol. The first-order chi connectivity index (χ1) is 9.15. The van der Waals surface area contributed by atoms with E-state index in [-0.39, 0.29) is 12.5 Å². The maximum Gasteiger partial charge on any atom is 0.321 e. The molecule has 0 radical (unpaired) electrons. The van der Waals surface area contributed by atoms with Crippen molar-refractivity contribution in [1.82, 2.24) is 10.6 Å². The Morgan fingerprint density at radius 1 is 1.11 bits per heavy atom. The highest BCUT2D eigenvalue weighted by Crippen LogP contribution is 2.09. The molecule has 1 aromatic carbocycles. The number of amides is 3. The third-order valence-corrected chi connectivity index (χ3v) is 2.60. The number of imide groups is 1. The quantitative estimate of drug-likeness (QED) is 0.734. The van der Waals surface area contributed by atoms with Gasteiger partial charge < -0.3 is 10.6 Å². The van der Waals surface area contributed by atoms with Crippen LogP contribution in [0, 0.1) is 0 Å². The Labute approximate surface area is 113 Å². The highest BCUT2D eigenvalue weighted by molar-refractivity contribution is 5.96. The first-order valence-electron chi connectivity index (χ1n) is 6.56. The molecular weight excluding hydrogens is 242 g/mol. The van der Waals surface area contributed by atoms with Gasteiger partial charge in [-0.3, -0.25) is 10.1 Å². The Morgan fingerprint density at radius 3 is 2.37 bits per heavy atom. The van der Waals surface area contributed by atoms with E-state index in [4.69, 9.17) is 0 Å². The summed E-state index contributed by atoms with van der Waals surface area (Å²) in [6.07, 6.45) is 1.82. The van der Waals surface area contributed by atoms with Crippen LogP contribution in [0.3, 0.4) is 0 Å². The van der Waals surface area contributed by atoms with Crippen molar-refractivity contribution < 1.29 is 9.59 Å². The van der Waals surface area contributed by atoms with Gasteiger partial charge in [0.1, 0.15) is 0 Å². The third-order valence-electron chi connectivity index (χ3n) is 2.60. The van der Waals surface area contributed by atoms with Crippen LogP contribution in [0.4, 0.5) is 10.5 Å². The standard InChI is InChI=1S/C14H21N3O2/c1-3-9-15-14(19)17-13(18)10-16-12-7-5-11(4-2)6-8-12/h5-8,16H,3-4,9-10H2,1-2H3,(H2,15,17,18,19). The molecule has 0 aromatic heterocycles. The summed E-state index contributed by atoms with van der Waals surface area (Å²) < 4.78 is 0. The predicted octanol–water partition coefficient (Wildman–Crippen LogP) is 1.90. The molecule has 0 atom stereocenters. The van der Waals surface area contributed by atoms with Crippen LogP contribution in [0.5, 0.6) is 0 Å². The van der Waals surface area contributed by atoms with Crippen molar-refractivity contribution in [2.45, 2.75) is 26.7 Å². The fraction of sp³-hybridized carbons (Fsp3) is 0.429. The zero-order chi connectivity index (χ0) is 14.1. The second-order valence-electron chi connectivity index (χ2n) is 4.21. The number of carbonyl (C=O) groups excluding carboxylic acids is 2. The van der Waals surface area contributed by atoms with Crippen LogP contribution in [-0.4, -0.2) is 25.0 Å². The van der Waals surface area contributed by atoms with Crippen molar-refractivity contribution >= 4 is 17.6 Å².